The van der Waals surface area contributed by atoms with Gasteiger partial charge >= 0.3 is 0 Å². The third kappa shape index (κ3) is 26.1. The summed E-state index contributed by atoms with van der Waals surface area (Å²) in [6.45, 7) is 30.1. The summed E-state index contributed by atoms with van der Waals surface area (Å²) in [5.41, 5.74) is 21.6. The monoisotopic (exact) mass is 2020 g/mol. The normalized spacial score (nSPS) is 16.7. The van der Waals surface area contributed by atoms with Crippen LogP contribution in [0.5, 0.6) is 0 Å². The molecule has 0 radical (unpaired) electrons. The van der Waals surface area contributed by atoms with Crippen LogP contribution >= 0.6 is 0 Å². The van der Waals surface area contributed by atoms with E-state index in [9.17, 15) is 19.2 Å². The summed E-state index contributed by atoms with van der Waals surface area (Å²) in [5, 5.41) is 44.3. The van der Waals surface area contributed by atoms with Crippen molar-refractivity contribution in [2.45, 2.75) is 64.8 Å². The molecule has 7 saturated heterocycles. The van der Waals surface area contributed by atoms with Gasteiger partial charge in [0.2, 0.25) is 0 Å². The fraction of sp³-hybridized carbons (Fsp3) is 0.360. The molecule has 774 valence electrons. The van der Waals surface area contributed by atoms with Gasteiger partial charge < -0.3 is 60.5 Å². The molecule has 16 aromatic rings. The fourth-order valence-corrected chi connectivity index (χ4v) is 20.3. The van der Waals surface area contributed by atoms with E-state index in [2.05, 4.69) is 233 Å². The number of aromatic nitrogens is 15. The molecule has 7 aliphatic rings. The maximum absolute atomic E-state index is 13.3. The van der Waals surface area contributed by atoms with Crippen LogP contribution in [0, 0.1) is 0 Å². The van der Waals surface area contributed by atoms with Gasteiger partial charge in [-0.1, -0.05) is 36.4 Å². The van der Waals surface area contributed by atoms with Crippen LogP contribution in [0.25, 0.3) is 88.1 Å². The Bertz CT molecular complexity index is 7300. The minimum absolute atomic E-state index is 0.220. The molecule has 4 amide bonds. The second-order valence-electron chi connectivity index (χ2n) is 40.9. The van der Waals surface area contributed by atoms with E-state index < -0.39 is 0 Å². The predicted molar refractivity (Wildman–Crippen MR) is 594 cm³/mol. The number of benzene rings is 5. The fourth-order valence-electron chi connectivity index (χ4n) is 20.3. The number of carbonyl (C=O) groups is 4. The van der Waals surface area contributed by atoms with Crippen LogP contribution < -0.4 is 36.0 Å². The molecule has 7 aliphatic heterocycles. The van der Waals surface area contributed by atoms with Gasteiger partial charge in [0.1, 0.15) is 17.5 Å². The van der Waals surface area contributed by atoms with E-state index in [4.69, 9.17) is 0 Å². The molecular weight excluding hydrogens is 1880 g/mol. The number of amides is 4. The number of hydrogen-bond donors (Lipinski definition) is 8. The Labute approximate surface area is 874 Å². The number of aromatic amines is 4. The molecule has 0 unspecified atom stereocenters. The summed E-state index contributed by atoms with van der Waals surface area (Å²) in [4.78, 5) is 115. The molecule has 0 aliphatic carbocycles. The topological polar surface area (TPSA) is 363 Å². The maximum atomic E-state index is 13.3. The number of piperidine rings is 1. The quantitative estimate of drug-likeness (QED) is 0.0263. The van der Waals surface area contributed by atoms with Gasteiger partial charge in [-0.25, -0.2) is 15.0 Å². The minimum atomic E-state index is -0.283. The summed E-state index contributed by atoms with van der Waals surface area (Å²) in [7, 11) is 14.7. The molecule has 36 heteroatoms. The molecule has 5 aromatic carbocycles. The lowest BCUT2D eigenvalue weighted by Crippen LogP contribution is -2.43. The average molecular weight is 2020 g/mol. The molecule has 36 nitrogen and oxygen atoms in total. The lowest BCUT2D eigenvalue weighted by molar-refractivity contribution is 0.101. The Morgan fingerprint density at radius 3 is 0.827 bits per heavy atom. The van der Waals surface area contributed by atoms with Crippen molar-refractivity contribution in [2.24, 2.45) is 0 Å². The largest absolute Gasteiger partial charge is 0.363 e. The molecule has 0 spiro atoms. The number of nitrogens with one attached hydrogen (secondary N) is 8. The van der Waals surface area contributed by atoms with E-state index >= 15 is 0 Å². The Morgan fingerprint density at radius 2 is 0.547 bits per heavy atom. The number of anilines is 7. The lowest BCUT2D eigenvalue weighted by atomic mass is 10.0. The number of rotatable bonds is 25. The molecule has 0 bridgehead atoms. The zero-order chi connectivity index (χ0) is 103. The van der Waals surface area contributed by atoms with Crippen molar-refractivity contribution in [3.63, 3.8) is 0 Å². The van der Waals surface area contributed by atoms with Crippen LogP contribution in [-0.4, -0.2) is 355 Å². The van der Waals surface area contributed by atoms with E-state index in [1.807, 2.05) is 184 Å². The number of H-pyrrole nitrogens is 4. The third-order valence-electron chi connectivity index (χ3n) is 29.4. The Balaban J connectivity index is 0.000000121. The molecule has 23 rings (SSSR count). The summed E-state index contributed by atoms with van der Waals surface area (Å²) in [6, 6.07) is 52.4. The van der Waals surface area contributed by atoms with Crippen molar-refractivity contribution >= 4 is 107 Å². The molecule has 0 saturated carbocycles. The Kier molecular flexibility index (Phi) is 32.7. The number of carbonyl (C=O) groups excluding carboxylic acids is 4. The van der Waals surface area contributed by atoms with Crippen molar-refractivity contribution < 1.29 is 19.2 Å². The van der Waals surface area contributed by atoms with Crippen LogP contribution in [0.3, 0.4) is 0 Å². The van der Waals surface area contributed by atoms with Gasteiger partial charge in [0.25, 0.3) is 23.6 Å². The van der Waals surface area contributed by atoms with Crippen LogP contribution in [-0.2, 0) is 32.7 Å². The van der Waals surface area contributed by atoms with Crippen molar-refractivity contribution in [3.05, 3.63) is 276 Å². The first-order valence-corrected chi connectivity index (χ1v) is 52.3. The Hall–Kier alpha value is -15.1. The smallest absolute Gasteiger partial charge is 0.276 e. The van der Waals surface area contributed by atoms with E-state index in [1.165, 1.54) is 59.9 Å². The van der Waals surface area contributed by atoms with E-state index in [0.29, 0.717) is 39.8 Å². The molecule has 0 atom stereocenters. The zero-order valence-corrected chi connectivity index (χ0v) is 86.8. The summed E-state index contributed by atoms with van der Waals surface area (Å²) in [6.07, 6.45) is 26.4. The zero-order valence-electron chi connectivity index (χ0n) is 86.8. The highest BCUT2D eigenvalue weighted by Crippen LogP contribution is 2.35. The number of nitrogens with zero attached hydrogens (tertiary/aromatic N) is 24. The van der Waals surface area contributed by atoms with Crippen LogP contribution in [0.1, 0.15) is 102 Å². The first kappa shape index (κ1) is 102. The number of likely N-dealkylation sites (N-methyl/N-ethyl adjacent to an activating group) is 5. The van der Waals surface area contributed by atoms with E-state index in [-0.39, 0.29) is 23.6 Å². The molecule has 8 N–H and O–H groups in total. The van der Waals surface area contributed by atoms with Crippen LogP contribution in [0.15, 0.2) is 226 Å². The first-order valence-electron chi connectivity index (χ1n) is 52.3. The SMILES string of the molecule is CN1CCN(Cc2cccc(NC(=O)c3n[nH]c4ccc(-c5cncc(CN6CCN(C)CC6)c5)cc34)c2)CC1.CN1CCN(Cc2cncc(-c3ccc4[nH]nc(C(=O)Nc5ccc(N(C)C)nc5)c4c3)c2)CC1.CN1CCN(Cc2cncc(-c3ccc4[nH]nc(C(=O)Nc5ccc(N6CCCC6)nc5)c4c3)c2)CC1.CN1CCN(Cc2cncc(-c3ccc4[nH]nc(C(=O)Nc5ccc(N6CCCCC6)nc5)c4c3)c2)CC1. The highest BCUT2D eigenvalue weighted by atomic mass is 16.2. The molecular formula is C114H134N32O4. The summed E-state index contributed by atoms with van der Waals surface area (Å²) < 4.78 is 0. The van der Waals surface area contributed by atoms with Gasteiger partial charge in [0, 0.05) is 303 Å². The standard InChI is InChI=1S/C31H38N8O.C29H34N8O.C28H32N8O.C26H30N8O/c1-36-8-12-38(13-9-36)21-23-4-3-5-27(17-23)33-31(40)30-28-18-25(6-7-29(28)34-35-30)26-16-24(19-32-20-26)22-39-14-10-37(2)11-15-39;1-35-11-13-36(14-12-35)20-21-15-23(18-30-17-21)22-5-7-26-25(16-22)28(34-33-26)29(38)32-24-6-8-27(31-19-24)37-9-3-2-4-10-37;1-34-10-12-35(13-11-34)19-20-14-22(17-29-16-20)21-4-6-25-24(15-21)27(33-32-25)28(37)31-23-5-7-26(30-18-23)36-8-2-3-9-36;1-32(2)24-7-5-21(16-28-24)29-26(35)25-22-13-19(4-6-23(22)30-31-25)20-12-18(14-27-15-20)17-34-10-8-33(3)9-11-34/h3-7,16-20H,8-15,21-22H2,1-2H3,(H,33,40)(H,34,35);5-8,15-19H,2-4,9-14,20H2,1H3,(H,32,38)(H,33,34);4-7,14-18H,2-3,8-13,19H2,1H3,(H,31,37)(H,32,33);4-7,12-16H,8-11,17H2,1-3H3,(H,29,35)(H,30,31). The van der Waals surface area contributed by atoms with E-state index in [0.717, 1.165) is 301 Å². The number of fused-ring (bicyclic) bond motifs is 4. The molecule has 18 heterocycles. The highest BCUT2D eigenvalue weighted by Gasteiger charge is 2.27. The lowest BCUT2D eigenvalue weighted by Gasteiger charge is -2.32. The summed E-state index contributed by atoms with van der Waals surface area (Å²) >= 11 is 0. The van der Waals surface area contributed by atoms with Crippen molar-refractivity contribution in [1.29, 1.82) is 0 Å². The number of hydrogen-bond acceptors (Lipinski definition) is 28. The maximum Gasteiger partial charge on any atom is 0.276 e. The second-order valence-corrected chi connectivity index (χ2v) is 40.9. The van der Waals surface area contributed by atoms with Gasteiger partial charge in [0.15, 0.2) is 22.8 Å². The van der Waals surface area contributed by atoms with Crippen molar-refractivity contribution in [1.82, 2.24) is 125 Å². The number of pyridine rings is 7. The van der Waals surface area contributed by atoms with E-state index in [1.54, 1.807) is 18.6 Å². The van der Waals surface area contributed by atoms with Crippen molar-refractivity contribution in [3.8, 4) is 44.5 Å². The molecule has 11 aromatic heterocycles. The van der Waals surface area contributed by atoms with Gasteiger partial charge in [-0.05, 0) is 239 Å². The molecule has 150 heavy (non-hydrogen) atoms. The third-order valence-corrected chi connectivity index (χ3v) is 29.4. The number of piperazine rings is 5. The Morgan fingerprint density at radius 1 is 0.267 bits per heavy atom. The van der Waals surface area contributed by atoms with Gasteiger partial charge in [-0.2, -0.15) is 20.4 Å². The predicted octanol–water partition coefficient (Wildman–Crippen LogP) is 14.1. The highest BCUT2D eigenvalue weighted by molar-refractivity contribution is 6.15. The van der Waals surface area contributed by atoms with Gasteiger partial charge in [-0.15, -0.1) is 0 Å². The molecule has 7 fully saturated rings. The summed E-state index contributed by atoms with van der Waals surface area (Å²) in [5.74, 6) is 1.71. The first-order chi connectivity index (χ1) is 73.2. The van der Waals surface area contributed by atoms with Crippen molar-refractivity contribution in [2.75, 3.05) is 242 Å². The average Bonchev–Trinajstić information content (AvgIpc) is 1.48. The van der Waals surface area contributed by atoms with Crippen LogP contribution in [0.4, 0.5) is 40.2 Å². The second kappa shape index (κ2) is 48.0. The van der Waals surface area contributed by atoms with Gasteiger partial charge in [-0.3, -0.25) is 84.0 Å². The van der Waals surface area contributed by atoms with Crippen LogP contribution in [0.2, 0.25) is 0 Å². The van der Waals surface area contributed by atoms with Gasteiger partial charge in [0.05, 0.1) is 57.7 Å². The minimum Gasteiger partial charge on any atom is -0.363 e.